The quantitative estimate of drug-likeness (QED) is 0.762. The van der Waals surface area contributed by atoms with E-state index in [0.29, 0.717) is 6.54 Å². The molecule has 0 spiro atoms. The number of carbonyl (C=O) groups excluding carboxylic acids is 1. The minimum Gasteiger partial charge on any atom is -0.355 e. The predicted molar refractivity (Wildman–Crippen MR) is 99.6 cm³/mol. The first kappa shape index (κ1) is 16.0. The molecule has 1 aliphatic rings. The van der Waals surface area contributed by atoms with Crippen molar-refractivity contribution in [1.29, 1.82) is 0 Å². The summed E-state index contributed by atoms with van der Waals surface area (Å²) in [6.45, 7) is 1.48. The number of hydrogen-bond donors (Lipinski definition) is 1. The summed E-state index contributed by atoms with van der Waals surface area (Å²) in [7, 11) is 0. The van der Waals surface area contributed by atoms with Crippen LogP contribution in [0.1, 0.15) is 12.8 Å². The zero-order valence-electron chi connectivity index (χ0n) is 13.6. The molecule has 0 aliphatic carbocycles. The van der Waals surface area contributed by atoms with Crippen LogP contribution < -0.4 is 10.2 Å². The van der Waals surface area contributed by atoms with Crippen LogP contribution in [0.15, 0.2) is 48.0 Å². The lowest BCUT2D eigenvalue weighted by Gasteiger charge is -2.33. The number of nitrogens with zero attached hydrogens (tertiary/aromatic N) is 2. The van der Waals surface area contributed by atoms with Crippen LogP contribution in [0.25, 0.3) is 10.1 Å². The molecule has 2 aromatic heterocycles. The molecule has 1 N–H and O–H groups in total. The van der Waals surface area contributed by atoms with E-state index in [1.165, 1.54) is 10.8 Å². The second-order valence-corrected chi connectivity index (χ2v) is 7.17. The van der Waals surface area contributed by atoms with Crippen LogP contribution in [0, 0.1) is 11.7 Å². The Bertz CT molecular complexity index is 910. The Morgan fingerprint density at radius 2 is 2.16 bits per heavy atom. The number of amides is 1. The van der Waals surface area contributed by atoms with E-state index in [4.69, 9.17) is 0 Å². The fourth-order valence-corrected chi connectivity index (χ4v) is 4.09. The van der Waals surface area contributed by atoms with Gasteiger partial charge in [-0.3, -0.25) is 4.79 Å². The smallest absolute Gasteiger partial charge is 0.229 e. The van der Waals surface area contributed by atoms with Gasteiger partial charge in [0, 0.05) is 29.4 Å². The van der Waals surface area contributed by atoms with Crippen molar-refractivity contribution in [3.05, 3.63) is 53.8 Å². The summed E-state index contributed by atoms with van der Waals surface area (Å²) < 4.78 is 15.0. The molecule has 1 aliphatic heterocycles. The summed E-state index contributed by atoms with van der Waals surface area (Å²) in [6, 6.07) is 10.3. The lowest BCUT2D eigenvalue weighted by Crippen LogP contribution is -2.41. The molecule has 0 radical (unpaired) electrons. The number of piperidine rings is 1. The zero-order valence-corrected chi connectivity index (χ0v) is 14.4. The number of carbonyl (C=O) groups is 1. The van der Waals surface area contributed by atoms with Gasteiger partial charge >= 0.3 is 0 Å². The number of hydrogen-bond acceptors (Lipinski definition) is 4. The Kier molecular flexibility index (Phi) is 4.36. The number of pyridine rings is 1. The Hall–Kier alpha value is -2.47. The van der Waals surface area contributed by atoms with Crippen LogP contribution in [0.2, 0.25) is 0 Å². The largest absolute Gasteiger partial charge is 0.355 e. The minimum absolute atomic E-state index is 0.132. The van der Waals surface area contributed by atoms with Crippen molar-refractivity contribution < 1.29 is 9.18 Å². The number of rotatable bonds is 3. The van der Waals surface area contributed by atoms with Gasteiger partial charge in [0.1, 0.15) is 11.6 Å². The molecule has 0 unspecified atom stereocenters. The van der Waals surface area contributed by atoms with E-state index >= 15 is 0 Å². The van der Waals surface area contributed by atoms with Gasteiger partial charge in [-0.25, -0.2) is 9.37 Å². The van der Waals surface area contributed by atoms with E-state index in [1.807, 2.05) is 12.3 Å². The Morgan fingerprint density at radius 3 is 3.04 bits per heavy atom. The standard InChI is InChI=1S/C19H18FN3OS/c20-15-5-1-2-6-16(15)22-19(24)13-4-3-10-23(12-13)18-14-8-11-25-17(14)7-9-21-18/h1-2,5-9,11,13H,3-4,10,12H2,(H,22,24)/t13-/m1/s1. The lowest BCUT2D eigenvalue weighted by molar-refractivity contribution is -0.120. The number of fused-ring (bicyclic) bond motifs is 1. The monoisotopic (exact) mass is 355 g/mol. The Labute approximate surface area is 149 Å². The van der Waals surface area contributed by atoms with E-state index < -0.39 is 5.82 Å². The average Bonchev–Trinajstić information content (AvgIpc) is 3.12. The van der Waals surface area contributed by atoms with Crippen LogP contribution in [0.3, 0.4) is 0 Å². The molecule has 4 rings (SSSR count). The number of halogens is 1. The number of benzene rings is 1. The number of thiophene rings is 1. The molecule has 3 heterocycles. The highest BCUT2D eigenvalue weighted by Gasteiger charge is 2.27. The third-order valence-corrected chi connectivity index (χ3v) is 5.46. The van der Waals surface area contributed by atoms with Crippen molar-refractivity contribution in [1.82, 2.24) is 4.98 Å². The van der Waals surface area contributed by atoms with Gasteiger partial charge in [-0.05, 0) is 42.5 Å². The minimum atomic E-state index is -0.409. The van der Waals surface area contributed by atoms with Crippen molar-refractivity contribution in [2.75, 3.05) is 23.3 Å². The first-order valence-electron chi connectivity index (χ1n) is 8.35. The molecule has 25 heavy (non-hydrogen) atoms. The molecule has 3 aromatic rings. The van der Waals surface area contributed by atoms with Gasteiger partial charge in [0.2, 0.25) is 5.91 Å². The number of aromatic nitrogens is 1. The zero-order chi connectivity index (χ0) is 17.2. The summed E-state index contributed by atoms with van der Waals surface area (Å²) >= 11 is 1.69. The topological polar surface area (TPSA) is 45.2 Å². The van der Waals surface area contributed by atoms with Gasteiger partial charge in [0.25, 0.3) is 0 Å². The Balaban J connectivity index is 1.52. The maximum Gasteiger partial charge on any atom is 0.229 e. The molecular weight excluding hydrogens is 337 g/mol. The fraction of sp³-hybridized carbons (Fsp3) is 0.263. The maximum atomic E-state index is 13.8. The van der Waals surface area contributed by atoms with Gasteiger partial charge in [0.15, 0.2) is 0 Å². The average molecular weight is 355 g/mol. The summed E-state index contributed by atoms with van der Waals surface area (Å²) in [5, 5.41) is 5.91. The first-order valence-corrected chi connectivity index (χ1v) is 9.23. The lowest BCUT2D eigenvalue weighted by atomic mass is 9.96. The first-order chi connectivity index (χ1) is 12.2. The Morgan fingerprint density at radius 1 is 1.28 bits per heavy atom. The van der Waals surface area contributed by atoms with Gasteiger partial charge in [-0.1, -0.05) is 12.1 Å². The van der Waals surface area contributed by atoms with Crippen molar-refractivity contribution in [3.8, 4) is 0 Å². The van der Waals surface area contributed by atoms with Crippen molar-refractivity contribution in [2.24, 2.45) is 5.92 Å². The molecule has 0 bridgehead atoms. The number of anilines is 2. The van der Waals surface area contributed by atoms with Gasteiger partial charge in [0.05, 0.1) is 11.6 Å². The molecule has 6 heteroatoms. The predicted octanol–water partition coefficient (Wildman–Crippen LogP) is 4.29. The molecule has 0 saturated carbocycles. The van der Waals surface area contributed by atoms with E-state index in [9.17, 15) is 9.18 Å². The molecule has 1 aromatic carbocycles. The fourth-order valence-electron chi connectivity index (χ4n) is 3.31. The summed E-state index contributed by atoms with van der Waals surface area (Å²) in [6.07, 6.45) is 3.53. The molecule has 1 atom stereocenters. The van der Waals surface area contributed by atoms with Crippen LogP contribution in [0.5, 0.6) is 0 Å². The summed E-state index contributed by atoms with van der Waals surface area (Å²) in [5.41, 5.74) is 0.239. The summed E-state index contributed by atoms with van der Waals surface area (Å²) in [5.74, 6) is 0.215. The van der Waals surface area contributed by atoms with Crippen LogP contribution in [-0.2, 0) is 4.79 Å². The van der Waals surface area contributed by atoms with Crippen molar-refractivity contribution >= 4 is 38.8 Å². The second-order valence-electron chi connectivity index (χ2n) is 6.22. The van der Waals surface area contributed by atoms with E-state index in [1.54, 1.807) is 29.5 Å². The highest BCUT2D eigenvalue weighted by molar-refractivity contribution is 7.17. The highest BCUT2D eigenvalue weighted by Crippen LogP contribution is 2.31. The van der Waals surface area contributed by atoms with E-state index in [-0.39, 0.29) is 17.5 Å². The summed E-state index contributed by atoms with van der Waals surface area (Å²) in [4.78, 5) is 19.3. The molecule has 1 saturated heterocycles. The van der Waals surface area contributed by atoms with Gasteiger partial charge < -0.3 is 10.2 Å². The van der Waals surface area contributed by atoms with Gasteiger partial charge in [-0.2, -0.15) is 0 Å². The molecule has 1 fully saturated rings. The molecule has 4 nitrogen and oxygen atoms in total. The highest BCUT2D eigenvalue weighted by atomic mass is 32.1. The molecule has 128 valence electrons. The molecule has 1 amide bonds. The van der Waals surface area contributed by atoms with Gasteiger partial charge in [-0.15, -0.1) is 11.3 Å². The maximum absolute atomic E-state index is 13.8. The SMILES string of the molecule is O=C(Nc1ccccc1F)[C@@H]1CCCN(c2nccc3sccc23)C1. The van der Waals surface area contributed by atoms with Crippen molar-refractivity contribution in [3.63, 3.8) is 0 Å². The molecular formula is C19H18FN3OS. The third kappa shape index (κ3) is 3.22. The number of para-hydroxylation sites is 1. The third-order valence-electron chi connectivity index (χ3n) is 4.58. The van der Waals surface area contributed by atoms with Crippen LogP contribution in [0.4, 0.5) is 15.9 Å². The van der Waals surface area contributed by atoms with E-state index in [2.05, 4.69) is 26.6 Å². The van der Waals surface area contributed by atoms with E-state index in [0.717, 1.165) is 30.6 Å². The normalized spacial score (nSPS) is 17.6. The van der Waals surface area contributed by atoms with Crippen LogP contribution in [-0.4, -0.2) is 24.0 Å². The van der Waals surface area contributed by atoms with Crippen molar-refractivity contribution in [2.45, 2.75) is 12.8 Å². The number of nitrogens with one attached hydrogen (secondary N) is 1. The second kappa shape index (κ2) is 6.80. The van der Waals surface area contributed by atoms with Crippen LogP contribution >= 0.6 is 11.3 Å².